The number of terminal acetylenes is 1. The maximum Gasteiger partial charge on any atom is 0.352 e. The van der Waals surface area contributed by atoms with Crippen LogP contribution in [0.25, 0.3) is 0 Å². The van der Waals surface area contributed by atoms with E-state index in [0.717, 1.165) is 4.90 Å². The Bertz CT molecular complexity index is 817. The predicted octanol–water partition coefficient (Wildman–Crippen LogP) is -1.87. The summed E-state index contributed by atoms with van der Waals surface area (Å²) in [4.78, 5) is 48.7. The molecule has 0 radical (unpaired) electrons. The van der Waals surface area contributed by atoms with E-state index in [9.17, 15) is 24.3 Å². The Hall–Kier alpha value is -2.81. The van der Waals surface area contributed by atoms with E-state index in [1.54, 1.807) is 0 Å². The number of nitrogens with one attached hydrogen (secondary N) is 1. The zero-order chi connectivity index (χ0) is 21.1. The van der Waals surface area contributed by atoms with Gasteiger partial charge in [0.15, 0.2) is 5.54 Å². The first-order valence-corrected chi connectivity index (χ1v) is 9.20. The van der Waals surface area contributed by atoms with Gasteiger partial charge in [0, 0.05) is 24.8 Å². The number of carboxylic acid groups (broad SMARTS) is 1. The van der Waals surface area contributed by atoms with Crippen LogP contribution in [0.15, 0.2) is 23.4 Å². The third-order valence-electron chi connectivity index (χ3n) is 4.12. The quantitative estimate of drug-likeness (QED) is 0.163. The molecule has 28 heavy (non-hydrogen) atoms. The van der Waals surface area contributed by atoms with E-state index in [1.165, 1.54) is 30.8 Å². The van der Waals surface area contributed by atoms with Crippen LogP contribution in [0, 0.1) is 12.3 Å². The molecule has 2 rings (SSSR count). The number of β-lactam (4-membered cyclic amide) rings is 1. The van der Waals surface area contributed by atoms with Crippen molar-refractivity contribution in [2.45, 2.75) is 23.9 Å². The van der Waals surface area contributed by atoms with Gasteiger partial charge in [0.2, 0.25) is 0 Å². The van der Waals surface area contributed by atoms with E-state index in [-0.39, 0.29) is 24.6 Å². The number of rotatable bonds is 7. The molecule has 1 fully saturated rings. The monoisotopic (exact) mass is 408 g/mol. The molecule has 2 aliphatic rings. The molecule has 10 nitrogen and oxygen atoms in total. The molecule has 2 aliphatic heterocycles. The van der Waals surface area contributed by atoms with Gasteiger partial charge < -0.3 is 26.6 Å². The highest BCUT2D eigenvalue weighted by atomic mass is 32.2. The largest absolute Gasteiger partial charge is 0.477 e. The van der Waals surface area contributed by atoms with Crippen LogP contribution in [0.1, 0.15) is 6.92 Å². The molecule has 1 saturated heterocycles. The fourth-order valence-electron chi connectivity index (χ4n) is 2.69. The molecule has 3 atom stereocenters. The fraction of sp³-hybridized carbons (Fsp3) is 0.412. The van der Waals surface area contributed by atoms with Crippen molar-refractivity contribution < 1.29 is 29.0 Å². The first-order valence-electron chi connectivity index (χ1n) is 8.15. The summed E-state index contributed by atoms with van der Waals surface area (Å²) in [7, 11) is 0. The van der Waals surface area contributed by atoms with E-state index >= 15 is 0 Å². The lowest BCUT2D eigenvalue weighted by molar-refractivity contribution is -0.151. The SMILES string of the molecule is C#CC(N)(C=CCN)C(=O)NC1C(=O)N2C(C(=O)O)=C(COC(C)=O)CSC12. The second-order valence-corrected chi connectivity index (χ2v) is 7.15. The van der Waals surface area contributed by atoms with Crippen LogP contribution in [0.5, 0.6) is 0 Å². The van der Waals surface area contributed by atoms with Crippen molar-refractivity contribution in [1.29, 1.82) is 0 Å². The van der Waals surface area contributed by atoms with Crippen LogP contribution in [0.4, 0.5) is 0 Å². The lowest BCUT2D eigenvalue weighted by Crippen LogP contribution is -2.72. The molecule has 11 heteroatoms. The molecular weight excluding hydrogens is 388 g/mol. The fourth-order valence-corrected chi connectivity index (χ4v) is 4.01. The maximum absolute atomic E-state index is 12.5. The van der Waals surface area contributed by atoms with Crippen molar-refractivity contribution in [1.82, 2.24) is 10.2 Å². The zero-order valence-electron chi connectivity index (χ0n) is 15.0. The number of hydrogen-bond acceptors (Lipinski definition) is 8. The first-order chi connectivity index (χ1) is 13.2. The van der Waals surface area contributed by atoms with Crippen molar-refractivity contribution in [2.24, 2.45) is 11.5 Å². The van der Waals surface area contributed by atoms with Gasteiger partial charge >= 0.3 is 11.9 Å². The van der Waals surface area contributed by atoms with Crippen molar-refractivity contribution in [3.05, 3.63) is 23.4 Å². The Balaban J connectivity index is 2.19. The molecule has 0 aromatic heterocycles. The van der Waals surface area contributed by atoms with Crippen LogP contribution in [0.3, 0.4) is 0 Å². The summed E-state index contributed by atoms with van der Waals surface area (Å²) < 4.78 is 4.86. The number of ether oxygens (including phenoxy) is 1. The lowest BCUT2D eigenvalue weighted by atomic mass is 9.97. The van der Waals surface area contributed by atoms with Gasteiger partial charge in [-0.2, -0.15) is 0 Å². The molecule has 0 aliphatic carbocycles. The molecule has 0 bridgehead atoms. The third-order valence-corrected chi connectivity index (χ3v) is 5.46. The number of esters is 1. The molecule has 0 aromatic rings. The van der Waals surface area contributed by atoms with Crippen molar-refractivity contribution in [3.63, 3.8) is 0 Å². The Kier molecular flexibility index (Phi) is 6.50. The van der Waals surface area contributed by atoms with Gasteiger partial charge in [0.1, 0.15) is 23.7 Å². The second-order valence-electron chi connectivity index (χ2n) is 6.05. The molecule has 0 saturated carbocycles. The summed E-state index contributed by atoms with van der Waals surface area (Å²) in [6, 6.07) is -0.982. The van der Waals surface area contributed by atoms with Crippen LogP contribution >= 0.6 is 11.8 Å². The average Bonchev–Trinajstić information content (AvgIpc) is 2.67. The minimum Gasteiger partial charge on any atom is -0.477 e. The molecule has 0 spiro atoms. The number of fused-ring (bicyclic) bond motifs is 1. The normalized spacial score (nSPS) is 23.4. The van der Waals surface area contributed by atoms with Crippen LogP contribution in [0.2, 0.25) is 0 Å². The molecule has 3 unspecified atom stereocenters. The van der Waals surface area contributed by atoms with Gasteiger partial charge in [-0.05, 0) is 6.08 Å². The highest BCUT2D eigenvalue weighted by Crippen LogP contribution is 2.40. The van der Waals surface area contributed by atoms with Crippen LogP contribution < -0.4 is 16.8 Å². The third kappa shape index (κ3) is 4.04. The van der Waals surface area contributed by atoms with Gasteiger partial charge in [-0.3, -0.25) is 19.3 Å². The van der Waals surface area contributed by atoms with Gasteiger partial charge in [-0.25, -0.2) is 4.79 Å². The van der Waals surface area contributed by atoms with Gasteiger partial charge in [-0.15, -0.1) is 18.2 Å². The summed E-state index contributed by atoms with van der Waals surface area (Å²) in [6.07, 6.45) is 8.02. The number of hydrogen-bond donors (Lipinski definition) is 4. The molecule has 150 valence electrons. The summed E-state index contributed by atoms with van der Waals surface area (Å²) in [5.41, 5.74) is 9.46. The number of nitrogens with two attached hydrogens (primary N) is 2. The summed E-state index contributed by atoms with van der Waals surface area (Å²) in [6.45, 7) is 1.09. The Morgan fingerprint density at radius 3 is 2.75 bits per heavy atom. The molecule has 6 N–H and O–H groups in total. The van der Waals surface area contributed by atoms with Gasteiger partial charge in [-0.1, -0.05) is 12.0 Å². The molecule has 2 amide bonds. The van der Waals surface area contributed by atoms with E-state index in [2.05, 4.69) is 11.2 Å². The minimum atomic E-state index is -1.79. The highest BCUT2D eigenvalue weighted by Gasteiger charge is 2.55. The minimum absolute atomic E-state index is 0.125. The number of carboxylic acids is 1. The molecular formula is C17H20N4O6S. The smallest absolute Gasteiger partial charge is 0.352 e. The van der Waals surface area contributed by atoms with Crippen molar-refractivity contribution >= 4 is 35.5 Å². The van der Waals surface area contributed by atoms with E-state index in [1.807, 2.05) is 0 Å². The number of thioether (sulfide) groups is 1. The standard InChI is InChI=1S/C17H20N4O6S/c1-3-17(19,5-4-6-18)16(26)20-11-13(23)21-12(15(24)25)10(7-27-9(2)22)8-28-14(11)21/h1,4-5,11,14H,6-8,18-19H2,2H3,(H,20,26)(H,24,25). The van der Waals surface area contributed by atoms with E-state index in [4.69, 9.17) is 22.6 Å². The van der Waals surface area contributed by atoms with Crippen molar-refractivity contribution in [3.8, 4) is 12.3 Å². The second kappa shape index (κ2) is 8.47. The Morgan fingerprint density at radius 2 is 2.21 bits per heavy atom. The average molecular weight is 408 g/mol. The van der Waals surface area contributed by atoms with Gasteiger partial charge in [0.05, 0.1) is 0 Å². The molecule has 0 aromatic carbocycles. The first kappa shape index (κ1) is 21.5. The van der Waals surface area contributed by atoms with E-state index < -0.39 is 40.7 Å². The topological polar surface area (TPSA) is 165 Å². The number of carbonyl (C=O) groups is 4. The highest BCUT2D eigenvalue weighted by molar-refractivity contribution is 8.00. The van der Waals surface area contributed by atoms with Crippen molar-refractivity contribution in [2.75, 3.05) is 18.9 Å². The Labute approximate surface area is 165 Å². The lowest BCUT2D eigenvalue weighted by Gasteiger charge is -2.49. The number of carbonyl (C=O) groups excluding carboxylic acids is 3. The van der Waals surface area contributed by atoms with Crippen LogP contribution in [-0.2, 0) is 23.9 Å². The van der Waals surface area contributed by atoms with E-state index in [0.29, 0.717) is 5.57 Å². The number of aliphatic carboxylic acids is 1. The zero-order valence-corrected chi connectivity index (χ0v) is 15.8. The van der Waals surface area contributed by atoms with Gasteiger partial charge in [0.25, 0.3) is 11.8 Å². The summed E-state index contributed by atoms with van der Waals surface area (Å²) in [5, 5.41) is 11.3. The van der Waals surface area contributed by atoms with Crippen LogP contribution in [-0.4, -0.2) is 69.6 Å². The number of nitrogens with zero attached hydrogens (tertiary/aromatic N) is 1. The Morgan fingerprint density at radius 1 is 1.54 bits per heavy atom. The summed E-state index contributed by atoms with van der Waals surface area (Å²) >= 11 is 1.23. The summed E-state index contributed by atoms with van der Waals surface area (Å²) in [5.74, 6) is -0.916. The number of amides is 2. The maximum atomic E-state index is 12.5. The predicted molar refractivity (Wildman–Crippen MR) is 100 cm³/mol. The molecule has 2 heterocycles.